The summed E-state index contributed by atoms with van der Waals surface area (Å²) in [6.07, 6.45) is 4.67. The zero-order valence-corrected chi connectivity index (χ0v) is 11.7. The zero-order chi connectivity index (χ0) is 13.0. The van der Waals surface area contributed by atoms with Crippen molar-refractivity contribution in [2.75, 3.05) is 13.1 Å². The summed E-state index contributed by atoms with van der Waals surface area (Å²) in [4.78, 5) is 0. The van der Waals surface area contributed by atoms with Crippen molar-refractivity contribution >= 4 is 0 Å². The van der Waals surface area contributed by atoms with Crippen LogP contribution >= 0.6 is 0 Å². The number of rotatable bonds is 7. The molecule has 1 aromatic carbocycles. The first kappa shape index (κ1) is 13.6. The topological polar surface area (TPSA) is 38.0 Å². The van der Waals surface area contributed by atoms with E-state index in [4.69, 9.17) is 5.73 Å². The summed E-state index contributed by atoms with van der Waals surface area (Å²) in [5.41, 5.74) is 9.02. The number of nitrogens with one attached hydrogen (secondary N) is 1. The van der Waals surface area contributed by atoms with Gasteiger partial charge in [0.05, 0.1) is 0 Å². The summed E-state index contributed by atoms with van der Waals surface area (Å²) in [7, 11) is 0. The molecule has 1 aliphatic rings. The molecule has 2 rings (SSSR count). The molecule has 0 heterocycles. The Labute approximate surface area is 111 Å². The molecular weight excluding hydrogens is 220 g/mol. The number of hydrogen-bond donors (Lipinski definition) is 2. The predicted octanol–water partition coefficient (Wildman–Crippen LogP) is 2.82. The molecule has 18 heavy (non-hydrogen) atoms. The van der Waals surface area contributed by atoms with Gasteiger partial charge in [0.25, 0.3) is 0 Å². The van der Waals surface area contributed by atoms with Gasteiger partial charge < -0.3 is 11.1 Å². The highest BCUT2D eigenvalue weighted by Gasteiger charge is 2.37. The first-order valence-corrected chi connectivity index (χ1v) is 7.21. The summed E-state index contributed by atoms with van der Waals surface area (Å²) < 4.78 is 0. The Bertz CT molecular complexity index is 365. The molecule has 2 heteroatoms. The van der Waals surface area contributed by atoms with Gasteiger partial charge in [-0.15, -0.1) is 0 Å². The van der Waals surface area contributed by atoms with Crippen LogP contribution in [0.15, 0.2) is 24.3 Å². The molecule has 100 valence electrons. The quantitative estimate of drug-likeness (QED) is 0.726. The van der Waals surface area contributed by atoms with Crippen molar-refractivity contribution in [3.05, 3.63) is 35.4 Å². The standard InChI is InChI=1S/C16H26N2/c1-3-13(2)15-6-4-14(5-7-15)8-11-18-12-16(17)9-10-16/h4-7,13,18H,3,8-12,17H2,1-2H3. The predicted molar refractivity (Wildman–Crippen MR) is 77.9 cm³/mol. The van der Waals surface area contributed by atoms with Crippen LogP contribution in [0.4, 0.5) is 0 Å². The van der Waals surface area contributed by atoms with Gasteiger partial charge in [-0.25, -0.2) is 0 Å². The fourth-order valence-electron chi connectivity index (χ4n) is 2.16. The average molecular weight is 246 g/mol. The van der Waals surface area contributed by atoms with Crippen LogP contribution in [-0.4, -0.2) is 18.6 Å². The maximum atomic E-state index is 6.03. The Kier molecular flexibility index (Phi) is 4.41. The number of hydrogen-bond acceptors (Lipinski definition) is 2. The normalized spacial score (nSPS) is 18.6. The first-order valence-electron chi connectivity index (χ1n) is 7.21. The van der Waals surface area contributed by atoms with Gasteiger partial charge in [0, 0.05) is 12.1 Å². The Balaban J connectivity index is 1.72. The molecule has 2 nitrogen and oxygen atoms in total. The fourth-order valence-corrected chi connectivity index (χ4v) is 2.16. The molecule has 0 radical (unpaired) electrons. The van der Waals surface area contributed by atoms with Gasteiger partial charge in [-0.2, -0.15) is 0 Å². The Hall–Kier alpha value is -0.860. The molecule has 0 aliphatic heterocycles. The largest absolute Gasteiger partial charge is 0.324 e. The van der Waals surface area contributed by atoms with Crippen LogP contribution in [0.5, 0.6) is 0 Å². The van der Waals surface area contributed by atoms with E-state index in [2.05, 4.69) is 43.4 Å². The lowest BCUT2D eigenvalue weighted by atomic mass is 9.97. The van der Waals surface area contributed by atoms with Crippen LogP contribution < -0.4 is 11.1 Å². The van der Waals surface area contributed by atoms with Crippen LogP contribution in [0.25, 0.3) is 0 Å². The molecule has 0 aromatic heterocycles. The minimum atomic E-state index is 0.125. The van der Waals surface area contributed by atoms with E-state index >= 15 is 0 Å². The fraction of sp³-hybridized carbons (Fsp3) is 0.625. The number of benzene rings is 1. The van der Waals surface area contributed by atoms with Crippen molar-refractivity contribution in [3.8, 4) is 0 Å². The summed E-state index contributed by atoms with van der Waals surface area (Å²) >= 11 is 0. The third-order valence-electron chi connectivity index (χ3n) is 4.12. The highest BCUT2D eigenvalue weighted by Crippen LogP contribution is 2.30. The van der Waals surface area contributed by atoms with E-state index in [9.17, 15) is 0 Å². The van der Waals surface area contributed by atoms with Crippen LogP contribution in [0.1, 0.15) is 50.2 Å². The molecule has 1 fully saturated rings. The van der Waals surface area contributed by atoms with Crippen molar-refractivity contribution in [2.45, 2.75) is 51.0 Å². The van der Waals surface area contributed by atoms with Crippen LogP contribution in [0, 0.1) is 0 Å². The second-order valence-corrected chi connectivity index (χ2v) is 5.84. The molecule has 1 aromatic rings. The van der Waals surface area contributed by atoms with E-state index < -0.39 is 0 Å². The third kappa shape index (κ3) is 3.82. The number of nitrogens with two attached hydrogens (primary N) is 1. The molecule has 0 amide bonds. The molecule has 1 unspecified atom stereocenters. The Morgan fingerprint density at radius 1 is 1.28 bits per heavy atom. The minimum absolute atomic E-state index is 0.125. The first-order chi connectivity index (χ1) is 8.63. The van der Waals surface area contributed by atoms with Crippen LogP contribution in [0.3, 0.4) is 0 Å². The molecule has 0 spiro atoms. The summed E-state index contributed by atoms with van der Waals surface area (Å²) in [6.45, 7) is 6.52. The van der Waals surface area contributed by atoms with Crippen molar-refractivity contribution in [2.24, 2.45) is 5.73 Å². The third-order valence-corrected chi connectivity index (χ3v) is 4.12. The molecular formula is C16H26N2. The van der Waals surface area contributed by atoms with Gasteiger partial charge in [-0.1, -0.05) is 38.1 Å². The van der Waals surface area contributed by atoms with Crippen LogP contribution in [-0.2, 0) is 6.42 Å². The Morgan fingerprint density at radius 3 is 2.50 bits per heavy atom. The van der Waals surface area contributed by atoms with Gasteiger partial charge in [-0.05, 0) is 49.3 Å². The summed E-state index contributed by atoms with van der Waals surface area (Å²) in [6, 6.07) is 9.07. The van der Waals surface area contributed by atoms with Crippen molar-refractivity contribution in [3.63, 3.8) is 0 Å². The lowest BCUT2D eigenvalue weighted by Gasteiger charge is -2.11. The lowest BCUT2D eigenvalue weighted by molar-refractivity contribution is 0.570. The highest BCUT2D eigenvalue weighted by molar-refractivity contribution is 5.25. The maximum Gasteiger partial charge on any atom is 0.0282 e. The minimum Gasteiger partial charge on any atom is -0.324 e. The van der Waals surface area contributed by atoms with E-state index in [0.717, 1.165) is 19.5 Å². The molecule has 0 bridgehead atoms. The molecule has 1 aliphatic carbocycles. The average Bonchev–Trinajstić information content (AvgIpc) is 3.13. The second-order valence-electron chi connectivity index (χ2n) is 5.84. The van der Waals surface area contributed by atoms with Gasteiger partial charge in [0.1, 0.15) is 0 Å². The van der Waals surface area contributed by atoms with E-state index in [1.807, 2.05) is 0 Å². The van der Waals surface area contributed by atoms with E-state index in [-0.39, 0.29) is 5.54 Å². The highest BCUT2D eigenvalue weighted by atomic mass is 15.0. The second kappa shape index (κ2) is 5.85. The molecule has 3 N–H and O–H groups in total. The summed E-state index contributed by atoms with van der Waals surface area (Å²) in [5.74, 6) is 0.670. The van der Waals surface area contributed by atoms with Crippen molar-refractivity contribution in [1.82, 2.24) is 5.32 Å². The molecule has 0 saturated heterocycles. The van der Waals surface area contributed by atoms with Gasteiger partial charge in [0.2, 0.25) is 0 Å². The SMILES string of the molecule is CCC(C)c1ccc(CCNCC2(N)CC2)cc1. The van der Waals surface area contributed by atoms with Gasteiger partial charge in [0.15, 0.2) is 0 Å². The van der Waals surface area contributed by atoms with E-state index in [1.54, 1.807) is 0 Å². The summed E-state index contributed by atoms with van der Waals surface area (Å²) in [5, 5.41) is 3.46. The van der Waals surface area contributed by atoms with Gasteiger partial charge >= 0.3 is 0 Å². The van der Waals surface area contributed by atoms with Gasteiger partial charge in [-0.3, -0.25) is 0 Å². The lowest BCUT2D eigenvalue weighted by Crippen LogP contribution is -2.36. The molecule has 1 atom stereocenters. The monoisotopic (exact) mass is 246 g/mol. The van der Waals surface area contributed by atoms with Crippen molar-refractivity contribution < 1.29 is 0 Å². The van der Waals surface area contributed by atoms with E-state index in [1.165, 1.54) is 30.4 Å². The Morgan fingerprint density at radius 2 is 1.94 bits per heavy atom. The van der Waals surface area contributed by atoms with Crippen molar-refractivity contribution in [1.29, 1.82) is 0 Å². The van der Waals surface area contributed by atoms with Crippen LogP contribution in [0.2, 0.25) is 0 Å². The van der Waals surface area contributed by atoms with E-state index in [0.29, 0.717) is 5.92 Å². The smallest absolute Gasteiger partial charge is 0.0282 e. The zero-order valence-electron chi connectivity index (χ0n) is 11.7. The maximum absolute atomic E-state index is 6.03. The molecule has 1 saturated carbocycles.